The van der Waals surface area contributed by atoms with Gasteiger partial charge in [-0.25, -0.2) is 27.7 Å². The highest BCUT2D eigenvalue weighted by Crippen LogP contribution is 2.23. The number of nitrogens with one attached hydrogen (secondary N) is 2. The standard InChI is InChI=1S/C24H24ClF3N4O4/c1-32(22(34)30-12-17-7-4-8-19(26)21(17)25)18(10-24(27,28)14-33)13-36-23(35)31-20-9-15-5-2-3-6-16(15)11-29-20/h2-9,11,18,33H,10,12-14H2,1H3,(H,30,34)(H,29,31,35)/t18-/m0/s1. The van der Waals surface area contributed by atoms with E-state index in [9.17, 15) is 22.8 Å². The van der Waals surface area contributed by atoms with Gasteiger partial charge in [0, 0.05) is 31.6 Å². The molecule has 0 aliphatic heterocycles. The number of amides is 3. The molecule has 8 nitrogen and oxygen atoms in total. The highest BCUT2D eigenvalue weighted by Gasteiger charge is 2.35. The molecule has 2 aromatic carbocycles. The summed E-state index contributed by atoms with van der Waals surface area (Å²) in [5, 5.41) is 15.4. The highest BCUT2D eigenvalue weighted by atomic mass is 35.5. The lowest BCUT2D eigenvalue weighted by molar-refractivity contribution is -0.0738. The molecular formula is C24H24ClF3N4O4. The molecule has 3 N–H and O–H groups in total. The molecule has 3 aromatic rings. The van der Waals surface area contributed by atoms with Crippen LogP contribution in [0, 0.1) is 5.82 Å². The second kappa shape index (κ2) is 11.9. The van der Waals surface area contributed by atoms with Gasteiger partial charge in [-0.15, -0.1) is 0 Å². The summed E-state index contributed by atoms with van der Waals surface area (Å²) in [6.45, 7) is -2.22. The van der Waals surface area contributed by atoms with Crippen LogP contribution in [-0.2, 0) is 11.3 Å². The van der Waals surface area contributed by atoms with Crippen molar-refractivity contribution in [1.82, 2.24) is 15.2 Å². The number of alkyl halides is 2. The largest absolute Gasteiger partial charge is 0.447 e. The van der Waals surface area contributed by atoms with Gasteiger partial charge in [-0.05, 0) is 23.1 Å². The van der Waals surface area contributed by atoms with E-state index in [1.54, 1.807) is 12.3 Å². The van der Waals surface area contributed by atoms with Gasteiger partial charge in [0.15, 0.2) is 0 Å². The molecule has 1 heterocycles. The summed E-state index contributed by atoms with van der Waals surface area (Å²) >= 11 is 5.87. The summed E-state index contributed by atoms with van der Waals surface area (Å²) in [6.07, 6.45) is -0.385. The van der Waals surface area contributed by atoms with Crippen LogP contribution in [0.2, 0.25) is 5.02 Å². The number of aliphatic hydroxyl groups excluding tert-OH is 1. The molecule has 0 fully saturated rings. The molecule has 1 atom stereocenters. The van der Waals surface area contributed by atoms with Crippen LogP contribution < -0.4 is 10.6 Å². The van der Waals surface area contributed by atoms with E-state index in [0.717, 1.165) is 21.7 Å². The lowest BCUT2D eigenvalue weighted by atomic mass is 10.1. The van der Waals surface area contributed by atoms with Gasteiger partial charge in [0.1, 0.15) is 24.8 Å². The van der Waals surface area contributed by atoms with Crippen molar-refractivity contribution < 1.29 is 32.6 Å². The molecule has 0 unspecified atom stereocenters. The van der Waals surface area contributed by atoms with Crippen LogP contribution in [0.1, 0.15) is 12.0 Å². The van der Waals surface area contributed by atoms with Crippen molar-refractivity contribution >= 4 is 40.3 Å². The Morgan fingerprint density at radius 3 is 2.64 bits per heavy atom. The fourth-order valence-electron chi connectivity index (χ4n) is 3.33. The number of halogens is 4. The highest BCUT2D eigenvalue weighted by molar-refractivity contribution is 6.31. The number of nitrogens with zero attached hydrogens (tertiary/aromatic N) is 2. The van der Waals surface area contributed by atoms with Crippen molar-refractivity contribution in [3.05, 3.63) is 71.1 Å². The van der Waals surface area contributed by atoms with Crippen molar-refractivity contribution in [1.29, 1.82) is 0 Å². The average molecular weight is 525 g/mol. The number of ether oxygens (including phenoxy) is 1. The van der Waals surface area contributed by atoms with Gasteiger partial charge in [-0.3, -0.25) is 5.32 Å². The van der Waals surface area contributed by atoms with Gasteiger partial charge in [0.25, 0.3) is 5.92 Å². The second-order valence-corrected chi connectivity index (χ2v) is 8.37. The van der Waals surface area contributed by atoms with Crippen LogP contribution in [0.25, 0.3) is 10.8 Å². The van der Waals surface area contributed by atoms with Crippen molar-refractivity contribution in [2.75, 3.05) is 25.6 Å². The van der Waals surface area contributed by atoms with E-state index in [2.05, 4.69) is 15.6 Å². The number of hydrogen-bond donors (Lipinski definition) is 3. The third-order valence-electron chi connectivity index (χ3n) is 5.36. The quantitative estimate of drug-likeness (QED) is 0.373. The third-order valence-corrected chi connectivity index (χ3v) is 5.79. The summed E-state index contributed by atoms with van der Waals surface area (Å²) in [7, 11) is 1.23. The van der Waals surface area contributed by atoms with Crippen LogP contribution in [0.4, 0.5) is 28.6 Å². The number of urea groups is 1. The monoisotopic (exact) mass is 524 g/mol. The zero-order chi connectivity index (χ0) is 26.3. The zero-order valence-electron chi connectivity index (χ0n) is 19.2. The van der Waals surface area contributed by atoms with Crippen LogP contribution in [0.15, 0.2) is 54.7 Å². The third kappa shape index (κ3) is 7.22. The molecule has 0 saturated carbocycles. The van der Waals surface area contributed by atoms with Gasteiger partial charge in [-0.1, -0.05) is 48.0 Å². The summed E-state index contributed by atoms with van der Waals surface area (Å²) in [5.41, 5.74) is 0.286. The predicted molar refractivity (Wildman–Crippen MR) is 129 cm³/mol. The van der Waals surface area contributed by atoms with E-state index in [1.807, 2.05) is 24.3 Å². The van der Waals surface area contributed by atoms with Crippen molar-refractivity contribution in [3.63, 3.8) is 0 Å². The van der Waals surface area contributed by atoms with Crippen LogP contribution in [0.3, 0.4) is 0 Å². The molecule has 0 radical (unpaired) electrons. The van der Waals surface area contributed by atoms with E-state index in [1.165, 1.54) is 19.2 Å². The number of aromatic nitrogens is 1. The minimum Gasteiger partial charge on any atom is -0.447 e. The first-order valence-corrected chi connectivity index (χ1v) is 11.2. The number of carbonyl (C=O) groups is 2. The number of benzene rings is 2. The Hall–Kier alpha value is -3.57. The molecule has 36 heavy (non-hydrogen) atoms. The summed E-state index contributed by atoms with van der Waals surface area (Å²) in [5.74, 6) is -4.02. The minimum atomic E-state index is -3.54. The van der Waals surface area contributed by atoms with Crippen LogP contribution in [-0.4, -0.2) is 59.3 Å². The van der Waals surface area contributed by atoms with Crippen molar-refractivity contribution in [2.45, 2.75) is 24.9 Å². The van der Waals surface area contributed by atoms with Crippen LogP contribution >= 0.6 is 11.6 Å². The number of fused-ring (bicyclic) bond motifs is 1. The number of rotatable bonds is 9. The Morgan fingerprint density at radius 1 is 1.19 bits per heavy atom. The van der Waals surface area contributed by atoms with Gasteiger partial charge in [0.2, 0.25) is 0 Å². The molecule has 12 heteroatoms. The maximum atomic E-state index is 14.0. The van der Waals surface area contributed by atoms with E-state index in [4.69, 9.17) is 21.4 Å². The molecule has 192 valence electrons. The predicted octanol–water partition coefficient (Wildman–Crippen LogP) is 4.80. The van der Waals surface area contributed by atoms with E-state index >= 15 is 0 Å². The first-order valence-electron chi connectivity index (χ1n) is 10.8. The zero-order valence-corrected chi connectivity index (χ0v) is 19.9. The minimum absolute atomic E-state index is 0.169. The Bertz CT molecular complexity index is 1230. The number of anilines is 1. The van der Waals surface area contributed by atoms with Gasteiger partial charge >= 0.3 is 12.1 Å². The first-order chi connectivity index (χ1) is 17.1. The first kappa shape index (κ1) is 27.0. The fourth-order valence-corrected chi connectivity index (χ4v) is 3.52. The van der Waals surface area contributed by atoms with E-state index in [-0.39, 0.29) is 22.9 Å². The number of hydrogen-bond acceptors (Lipinski definition) is 5. The fraction of sp³-hybridized carbons (Fsp3) is 0.292. The molecule has 1 aromatic heterocycles. The maximum Gasteiger partial charge on any atom is 0.412 e. The Kier molecular flexibility index (Phi) is 8.94. The van der Waals surface area contributed by atoms with Crippen molar-refractivity contribution in [3.8, 4) is 0 Å². The molecule has 0 aliphatic rings. The molecule has 0 aliphatic carbocycles. The normalized spacial score (nSPS) is 12.2. The molecule has 0 bridgehead atoms. The lowest BCUT2D eigenvalue weighted by Crippen LogP contribution is -2.48. The van der Waals surface area contributed by atoms with Gasteiger partial charge < -0.3 is 20.1 Å². The van der Waals surface area contributed by atoms with Gasteiger partial charge in [0.05, 0.1) is 11.1 Å². The number of likely N-dealkylation sites (N-methyl/N-ethyl adjacent to an activating group) is 1. The number of pyridine rings is 1. The maximum absolute atomic E-state index is 14.0. The number of carbonyl (C=O) groups excluding carboxylic acids is 2. The second-order valence-electron chi connectivity index (χ2n) is 7.99. The molecule has 0 spiro atoms. The Labute approximate surface area is 210 Å². The molecular weight excluding hydrogens is 501 g/mol. The molecule has 3 amide bonds. The smallest absolute Gasteiger partial charge is 0.412 e. The van der Waals surface area contributed by atoms with E-state index in [0.29, 0.717) is 0 Å². The van der Waals surface area contributed by atoms with E-state index < -0.39 is 49.5 Å². The molecule has 3 rings (SSSR count). The van der Waals surface area contributed by atoms with Crippen molar-refractivity contribution in [2.24, 2.45) is 0 Å². The van der Waals surface area contributed by atoms with Gasteiger partial charge in [-0.2, -0.15) is 0 Å². The summed E-state index contributed by atoms with van der Waals surface area (Å²) < 4.78 is 46.6. The SMILES string of the molecule is CN(C(=O)NCc1cccc(F)c1Cl)[C@H](COC(=O)Nc1cc2ccccc2cn1)CC(F)(F)CO. The Balaban J connectivity index is 1.63. The molecule has 0 saturated heterocycles. The average Bonchev–Trinajstić information content (AvgIpc) is 2.86. The number of aliphatic hydroxyl groups is 1. The summed E-state index contributed by atoms with van der Waals surface area (Å²) in [4.78, 5) is 29.9. The van der Waals surface area contributed by atoms with Crippen LogP contribution in [0.5, 0.6) is 0 Å². The topological polar surface area (TPSA) is 104 Å². The summed E-state index contributed by atoms with van der Waals surface area (Å²) in [6, 6.07) is 10.9. The Morgan fingerprint density at radius 2 is 1.92 bits per heavy atom. The lowest BCUT2D eigenvalue weighted by Gasteiger charge is -2.30.